The van der Waals surface area contributed by atoms with Crippen molar-refractivity contribution in [3.05, 3.63) is 59.5 Å². The van der Waals surface area contributed by atoms with Crippen molar-refractivity contribution in [1.82, 2.24) is 15.5 Å². The normalized spacial score (nSPS) is 14.2. The fourth-order valence-electron chi connectivity index (χ4n) is 2.77. The van der Waals surface area contributed by atoms with Crippen molar-refractivity contribution in [3.63, 3.8) is 0 Å². The molecule has 2 N–H and O–H groups in total. The Morgan fingerprint density at radius 1 is 1.07 bits per heavy atom. The largest absolute Gasteiger partial charge is 0.467 e. The lowest BCUT2D eigenvalue weighted by atomic mass is 10.1. The number of rotatable bonds is 7. The number of amides is 3. The van der Waals surface area contributed by atoms with Gasteiger partial charge in [-0.05, 0) is 29.8 Å². The predicted molar refractivity (Wildman–Crippen MR) is 102 cm³/mol. The number of benzene rings is 1. The van der Waals surface area contributed by atoms with Gasteiger partial charge in [-0.25, -0.2) is 9.59 Å². The maximum atomic E-state index is 12.1. The van der Waals surface area contributed by atoms with Gasteiger partial charge < -0.3 is 19.2 Å². The highest BCUT2D eigenvalue weighted by Crippen LogP contribution is 2.10. The molecule has 2 heterocycles. The van der Waals surface area contributed by atoms with Crippen LogP contribution < -0.4 is 10.6 Å². The molecule has 0 atom stereocenters. The molecular weight excluding hydrogens is 378 g/mol. The van der Waals surface area contributed by atoms with Gasteiger partial charge in [0.1, 0.15) is 5.76 Å². The van der Waals surface area contributed by atoms with E-state index in [0.717, 1.165) is 38.4 Å². The van der Waals surface area contributed by atoms with Crippen LogP contribution in [-0.4, -0.2) is 55.7 Å². The average Bonchev–Trinajstić information content (AvgIpc) is 3.25. The average molecular weight is 401 g/mol. The molecule has 0 unspecified atom stereocenters. The van der Waals surface area contributed by atoms with Crippen molar-refractivity contribution in [2.75, 3.05) is 32.9 Å². The molecule has 1 aromatic heterocycles. The summed E-state index contributed by atoms with van der Waals surface area (Å²) in [6.45, 7) is 3.60. The lowest BCUT2D eigenvalue weighted by Crippen LogP contribution is -2.41. The first kappa shape index (κ1) is 20.6. The second kappa shape index (κ2) is 10.4. The molecule has 3 amide bonds. The van der Waals surface area contributed by atoms with Crippen LogP contribution in [0.2, 0.25) is 0 Å². The van der Waals surface area contributed by atoms with Crippen LogP contribution >= 0.6 is 0 Å². The number of urea groups is 1. The van der Waals surface area contributed by atoms with E-state index in [2.05, 4.69) is 15.5 Å². The van der Waals surface area contributed by atoms with Crippen LogP contribution in [0.15, 0.2) is 47.1 Å². The SMILES string of the molecule is O=C(COC(=O)c1ccc(CN2CCOCC2)cc1)NC(=O)NCc1ccco1. The molecule has 154 valence electrons. The van der Waals surface area contributed by atoms with Crippen LogP contribution in [0.25, 0.3) is 0 Å². The molecule has 0 radical (unpaired) electrons. The Bertz CT molecular complexity index is 813. The number of furan rings is 1. The third-order valence-electron chi connectivity index (χ3n) is 4.29. The third kappa shape index (κ3) is 6.74. The molecule has 1 aliphatic rings. The predicted octanol–water partition coefficient (Wildman–Crippen LogP) is 1.29. The standard InChI is InChI=1S/C20H23N3O6/c24-18(22-20(26)21-12-17-2-1-9-28-17)14-29-19(25)16-5-3-15(4-6-16)13-23-7-10-27-11-8-23/h1-6,9H,7-8,10-14H2,(H2,21,22,24,26). The van der Waals surface area contributed by atoms with Crippen molar-refractivity contribution >= 4 is 17.9 Å². The number of hydrogen-bond acceptors (Lipinski definition) is 7. The Morgan fingerprint density at radius 2 is 1.83 bits per heavy atom. The van der Waals surface area contributed by atoms with Crippen LogP contribution in [0, 0.1) is 0 Å². The van der Waals surface area contributed by atoms with Crippen molar-refractivity contribution in [2.45, 2.75) is 13.1 Å². The fraction of sp³-hybridized carbons (Fsp3) is 0.350. The van der Waals surface area contributed by atoms with E-state index in [1.54, 1.807) is 24.3 Å². The number of carbonyl (C=O) groups is 3. The van der Waals surface area contributed by atoms with Gasteiger partial charge >= 0.3 is 12.0 Å². The zero-order valence-corrected chi connectivity index (χ0v) is 15.9. The Balaban J connectivity index is 1.37. The molecule has 9 nitrogen and oxygen atoms in total. The molecule has 1 aliphatic heterocycles. The summed E-state index contributed by atoms with van der Waals surface area (Å²) in [5.41, 5.74) is 1.42. The summed E-state index contributed by atoms with van der Waals surface area (Å²) in [6.07, 6.45) is 1.48. The lowest BCUT2D eigenvalue weighted by molar-refractivity contribution is -0.123. The maximum absolute atomic E-state index is 12.1. The topological polar surface area (TPSA) is 110 Å². The molecule has 1 saturated heterocycles. The van der Waals surface area contributed by atoms with Crippen LogP contribution in [0.4, 0.5) is 4.79 Å². The number of imide groups is 1. The molecule has 29 heavy (non-hydrogen) atoms. The van der Waals surface area contributed by atoms with Crippen LogP contribution in [-0.2, 0) is 27.4 Å². The van der Waals surface area contributed by atoms with E-state index in [1.165, 1.54) is 6.26 Å². The number of nitrogens with zero attached hydrogens (tertiary/aromatic N) is 1. The molecular formula is C20H23N3O6. The van der Waals surface area contributed by atoms with E-state index < -0.39 is 24.5 Å². The first-order valence-electron chi connectivity index (χ1n) is 9.26. The van der Waals surface area contributed by atoms with Crippen molar-refractivity contribution < 1.29 is 28.3 Å². The number of nitrogens with one attached hydrogen (secondary N) is 2. The van der Waals surface area contributed by atoms with E-state index in [0.29, 0.717) is 11.3 Å². The van der Waals surface area contributed by atoms with E-state index >= 15 is 0 Å². The molecule has 3 rings (SSSR count). The van der Waals surface area contributed by atoms with Gasteiger partial charge in [0.15, 0.2) is 6.61 Å². The summed E-state index contributed by atoms with van der Waals surface area (Å²) in [5.74, 6) is -0.801. The number of carbonyl (C=O) groups excluding carboxylic acids is 3. The molecule has 0 spiro atoms. The molecule has 1 aromatic carbocycles. The number of hydrogen-bond donors (Lipinski definition) is 2. The highest BCUT2D eigenvalue weighted by Gasteiger charge is 2.14. The van der Waals surface area contributed by atoms with Gasteiger partial charge in [0.25, 0.3) is 5.91 Å². The zero-order valence-electron chi connectivity index (χ0n) is 15.9. The summed E-state index contributed by atoms with van der Waals surface area (Å²) in [4.78, 5) is 37.7. The van der Waals surface area contributed by atoms with Gasteiger partial charge in [0, 0.05) is 19.6 Å². The molecule has 9 heteroatoms. The van der Waals surface area contributed by atoms with E-state index in [9.17, 15) is 14.4 Å². The van der Waals surface area contributed by atoms with Gasteiger partial charge in [0.05, 0.1) is 31.6 Å². The van der Waals surface area contributed by atoms with Crippen LogP contribution in [0.5, 0.6) is 0 Å². The quantitative estimate of drug-likeness (QED) is 0.673. The highest BCUT2D eigenvalue weighted by atomic mass is 16.5. The van der Waals surface area contributed by atoms with Gasteiger partial charge in [-0.3, -0.25) is 15.0 Å². The molecule has 0 bridgehead atoms. The fourth-order valence-corrected chi connectivity index (χ4v) is 2.77. The first-order valence-corrected chi connectivity index (χ1v) is 9.26. The van der Waals surface area contributed by atoms with Crippen molar-refractivity contribution in [2.24, 2.45) is 0 Å². The summed E-state index contributed by atoms with van der Waals surface area (Å²) in [5, 5.41) is 4.54. The van der Waals surface area contributed by atoms with Crippen LogP contribution in [0.1, 0.15) is 21.7 Å². The summed E-state index contributed by atoms with van der Waals surface area (Å²) >= 11 is 0. The van der Waals surface area contributed by atoms with Crippen molar-refractivity contribution in [1.29, 1.82) is 0 Å². The van der Waals surface area contributed by atoms with Gasteiger partial charge in [-0.2, -0.15) is 0 Å². The van der Waals surface area contributed by atoms with Crippen molar-refractivity contribution in [3.8, 4) is 0 Å². The zero-order chi connectivity index (χ0) is 20.5. The summed E-state index contributed by atoms with van der Waals surface area (Å²) < 4.78 is 15.3. The monoisotopic (exact) mass is 401 g/mol. The van der Waals surface area contributed by atoms with E-state index in [1.807, 2.05) is 12.1 Å². The van der Waals surface area contributed by atoms with Crippen LogP contribution in [0.3, 0.4) is 0 Å². The Morgan fingerprint density at radius 3 is 2.52 bits per heavy atom. The number of morpholine rings is 1. The minimum atomic E-state index is -0.723. The van der Waals surface area contributed by atoms with E-state index in [-0.39, 0.29) is 6.54 Å². The molecule has 2 aromatic rings. The van der Waals surface area contributed by atoms with Gasteiger partial charge in [-0.15, -0.1) is 0 Å². The highest BCUT2D eigenvalue weighted by molar-refractivity contribution is 5.96. The molecule has 0 aliphatic carbocycles. The first-order chi connectivity index (χ1) is 14.1. The smallest absolute Gasteiger partial charge is 0.338 e. The second-order valence-electron chi connectivity index (χ2n) is 6.47. The third-order valence-corrected chi connectivity index (χ3v) is 4.29. The maximum Gasteiger partial charge on any atom is 0.338 e. The number of esters is 1. The molecule has 1 fully saturated rings. The van der Waals surface area contributed by atoms with Gasteiger partial charge in [-0.1, -0.05) is 12.1 Å². The Kier molecular flexibility index (Phi) is 7.37. The lowest BCUT2D eigenvalue weighted by Gasteiger charge is -2.26. The Hall–Kier alpha value is -3.17. The summed E-state index contributed by atoms with van der Waals surface area (Å²) in [7, 11) is 0. The minimum absolute atomic E-state index is 0.142. The van der Waals surface area contributed by atoms with Gasteiger partial charge in [0.2, 0.25) is 0 Å². The number of ether oxygens (including phenoxy) is 2. The summed E-state index contributed by atoms with van der Waals surface area (Å²) in [6, 6.07) is 9.71. The second-order valence-corrected chi connectivity index (χ2v) is 6.47. The Labute approximate surface area is 167 Å². The molecule has 0 saturated carbocycles. The van der Waals surface area contributed by atoms with E-state index in [4.69, 9.17) is 13.9 Å². The minimum Gasteiger partial charge on any atom is -0.467 e.